The van der Waals surface area contributed by atoms with Gasteiger partial charge in [0.05, 0.1) is 25.5 Å². The average molecular weight is 476 g/mol. The molecule has 7 nitrogen and oxygen atoms in total. The number of aromatic nitrogens is 1. The molecular weight excluding hydrogens is 442 g/mol. The van der Waals surface area contributed by atoms with Gasteiger partial charge in [-0.3, -0.25) is 14.7 Å². The molecule has 35 heavy (non-hydrogen) atoms. The molecule has 1 aromatic heterocycles. The number of pyridine rings is 1. The number of rotatable bonds is 5. The lowest BCUT2D eigenvalue weighted by molar-refractivity contribution is 0.0751. The largest absolute Gasteiger partial charge is 0.491 e. The van der Waals surface area contributed by atoms with Crippen molar-refractivity contribution < 1.29 is 19.4 Å². The monoisotopic (exact) mass is 475 g/mol. The highest BCUT2D eigenvalue weighted by molar-refractivity contribution is 5.94. The van der Waals surface area contributed by atoms with Gasteiger partial charge in [-0.25, -0.2) is 0 Å². The van der Waals surface area contributed by atoms with Crippen LogP contribution < -0.4 is 4.74 Å². The van der Waals surface area contributed by atoms with Gasteiger partial charge in [-0.2, -0.15) is 0 Å². The molecule has 2 bridgehead atoms. The van der Waals surface area contributed by atoms with Crippen molar-refractivity contribution in [3.8, 4) is 5.75 Å². The number of likely N-dealkylation sites (N-methyl/N-ethyl adjacent to an activating group) is 1. The SMILES string of the molecule is CN(CCO)C(=O)c1ccc2c(c1)Cc1cccc(c1)CN(Cc1ccccn1)CCOCCO2. The van der Waals surface area contributed by atoms with Crippen LogP contribution in [0.3, 0.4) is 0 Å². The van der Waals surface area contributed by atoms with Crippen LogP contribution in [0.2, 0.25) is 0 Å². The number of nitrogens with zero attached hydrogens (tertiary/aromatic N) is 3. The summed E-state index contributed by atoms with van der Waals surface area (Å²) in [6, 6.07) is 20.1. The topological polar surface area (TPSA) is 75.1 Å². The molecule has 7 heteroatoms. The summed E-state index contributed by atoms with van der Waals surface area (Å²) in [6.07, 6.45) is 2.47. The molecule has 0 radical (unpaired) electrons. The van der Waals surface area contributed by atoms with Crippen molar-refractivity contribution in [1.29, 1.82) is 0 Å². The number of amides is 1. The number of fused-ring (bicyclic) bond motifs is 3. The molecule has 0 saturated carbocycles. The number of hydrogen-bond acceptors (Lipinski definition) is 6. The number of carbonyl (C=O) groups excluding carboxylic acids is 1. The average Bonchev–Trinajstić information content (AvgIpc) is 2.87. The summed E-state index contributed by atoms with van der Waals surface area (Å²) in [4.78, 5) is 21.1. The Morgan fingerprint density at radius 3 is 2.77 bits per heavy atom. The lowest BCUT2D eigenvalue weighted by Crippen LogP contribution is -2.29. The summed E-state index contributed by atoms with van der Waals surface area (Å²) in [6.45, 7) is 4.09. The van der Waals surface area contributed by atoms with E-state index in [9.17, 15) is 9.90 Å². The van der Waals surface area contributed by atoms with Crippen LogP contribution >= 0.6 is 0 Å². The number of hydrogen-bond donors (Lipinski definition) is 1. The molecule has 0 fully saturated rings. The molecule has 0 aliphatic carbocycles. The molecule has 0 atom stereocenters. The lowest BCUT2D eigenvalue weighted by atomic mass is 9.99. The van der Waals surface area contributed by atoms with Crippen LogP contribution in [-0.2, 0) is 24.2 Å². The minimum absolute atomic E-state index is 0.0690. The summed E-state index contributed by atoms with van der Waals surface area (Å²) in [5.74, 6) is 0.637. The van der Waals surface area contributed by atoms with Gasteiger partial charge < -0.3 is 19.5 Å². The summed E-state index contributed by atoms with van der Waals surface area (Å²) >= 11 is 0. The third-order valence-corrected chi connectivity index (χ3v) is 6.03. The van der Waals surface area contributed by atoms with Gasteiger partial charge in [0.25, 0.3) is 5.91 Å². The van der Waals surface area contributed by atoms with Crippen molar-refractivity contribution in [2.24, 2.45) is 0 Å². The Kier molecular flexibility index (Phi) is 8.84. The maximum absolute atomic E-state index is 12.8. The molecule has 1 aliphatic rings. The Balaban J connectivity index is 1.59. The zero-order chi connectivity index (χ0) is 24.5. The van der Waals surface area contributed by atoms with Gasteiger partial charge in [0.2, 0.25) is 0 Å². The van der Waals surface area contributed by atoms with Gasteiger partial charge in [-0.05, 0) is 47.0 Å². The van der Waals surface area contributed by atoms with E-state index in [0.29, 0.717) is 38.3 Å². The van der Waals surface area contributed by atoms with E-state index in [2.05, 4.69) is 34.1 Å². The van der Waals surface area contributed by atoms with Gasteiger partial charge in [0.15, 0.2) is 0 Å². The van der Waals surface area contributed by atoms with E-state index in [1.165, 1.54) is 10.5 Å². The highest BCUT2D eigenvalue weighted by Gasteiger charge is 2.16. The Morgan fingerprint density at radius 1 is 1.06 bits per heavy atom. The zero-order valence-corrected chi connectivity index (χ0v) is 20.2. The first kappa shape index (κ1) is 24.9. The van der Waals surface area contributed by atoms with Crippen LogP contribution in [0.4, 0.5) is 0 Å². The third-order valence-electron chi connectivity index (χ3n) is 6.03. The van der Waals surface area contributed by atoms with Crippen molar-refractivity contribution in [3.63, 3.8) is 0 Å². The van der Waals surface area contributed by atoms with Crippen molar-refractivity contribution in [2.45, 2.75) is 19.5 Å². The van der Waals surface area contributed by atoms with Gasteiger partial charge in [-0.15, -0.1) is 0 Å². The molecule has 1 aliphatic heterocycles. The first-order valence-corrected chi connectivity index (χ1v) is 12.0. The smallest absolute Gasteiger partial charge is 0.253 e. The first-order chi connectivity index (χ1) is 17.1. The normalized spacial score (nSPS) is 14.9. The standard InChI is InChI=1S/C28H33N3O4/c1-30(11-13-32)28(33)24-8-9-27-25(19-24)18-22-5-4-6-23(17-22)20-31(12-14-34-15-16-35-27)21-26-7-2-3-10-29-26/h2-10,17,19,32H,11-16,18,20-21H2,1H3. The third kappa shape index (κ3) is 7.11. The van der Waals surface area contributed by atoms with E-state index >= 15 is 0 Å². The molecule has 0 saturated heterocycles. The Labute approximate surface area is 206 Å². The van der Waals surface area contributed by atoms with Crippen LogP contribution in [-0.4, -0.2) is 72.4 Å². The van der Waals surface area contributed by atoms with E-state index in [1.807, 2.05) is 36.5 Å². The molecule has 2 heterocycles. The molecule has 184 valence electrons. The summed E-state index contributed by atoms with van der Waals surface area (Å²) in [5, 5.41) is 9.19. The molecule has 2 aromatic carbocycles. The Bertz CT molecular complexity index is 1110. The van der Waals surface area contributed by atoms with E-state index < -0.39 is 0 Å². The van der Waals surface area contributed by atoms with Crippen molar-refractivity contribution >= 4 is 5.91 Å². The number of ether oxygens (including phenoxy) is 2. The van der Waals surface area contributed by atoms with Crippen molar-refractivity contribution in [1.82, 2.24) is 14.8 Å². The van der Waals surface area contributed by atoms with Crippen LogP contribution in [0.5, 0.6) is 5.75 Å². The zero-order valence-electron chi connectivity index (χ0n) is 20.2. The fourth-order valence-corrected chi connectivity index (χ4v) is 4.22. The number of aliphatic hydroxyl groups excluding tert-OH is 1. The van der Waals surface area contributed by atoms with Crippen molar-refractivity contribution in [2.75, 3.05) is 46.6 Å². The quantitative estimate of drug-likeness (QED) is 0.611. The minimum atomic E-state index is -0.122. The fourth-order valence-electron chi connectivity index (χ4n) is 4.22. The second kappa shape index (κ2) is 12.4. The molecular formula is C28H33N3O4. The number of benzene rings is 2. The van der Waals surface area contributed by atoms with Crippen LogP contribution in [0.1, 0.15) is 32.7 Å². The Hall–Kier alpha value is -3.26. The van der Waals surface area contributed by atoms with Gasteiger partial charge in [0.1, 0.15) is 12.4 Å². The molecule has 0 unspecified atom stereocenters. The molecule has 1 N–H and O–H groups in total. The number of carbonyl (C=O) groups is 1. The van der Waals surface area contributed by atoms with Crippen molar-refractivity contribution in [3.05, 3.63) is 94.8 Å². The number of aliphatic hydroxyl groups is 1. The molecule has 1 amide bonds. The molecule has 3 aromatic rings. The highest BCUT2D eigenvalue weighted by Crippen LogP contribution is 2.25. The van der Waals surface area contributed by atoms with Crippen LogP contribution in [0, 0.1) is 0 Å². The van der Waals surface area contributed by atoms with E-state index in [4.69, 9.17) is 9.47 Å². The summed E-state index contributed by atoms with van der Waals surface area (Å²) in [5.41, 5.74) is 4.94. The second-order valence-corrected chi connectivity index (χ2v) is 8.76. The predicted octanol–water partition coefficient (Wildman–Crippen LogP) is 3.15. The first-order valence-electron chi connectivity index (χ1n) is 12.0. The summed E-state index contributed by atoms with van der Waals surface area (Å²) in [7, 11) is 1.69. The van der Waals surface area contributed by atoms with Gasteiger partial charge >= 0.3 is 0 Å². The van der Waals surface area contributed by atoms with E-state index in [0.717, 1.165) is 42.2 Å². The van der Waals surface area contributed by atoms with Gasteiger partial charge in [-0.1, -0.05) is 30.3 Å². The molecule has 4 rings (SSSR count). The molecule has 0 spiro atoms. The maximum Gasteiger partial charge on any atom is 0.253 e. The Morgan fingerprint density at radius 2 is 1.94 bits per heavy atom. The van der Waals surface area contributed by atoms with Crippen LogP contribution in [0.15, 0.2) is 66.9 Å². The van der Waals surface area contributed by atoms with Crippen LogP contribution in [0.25, 0.3) is 0 Å². The lowest BCUT2D eigenvalue weighted by Gasteiger charge is -2.23. The van der Waals surface area contributed by atoms with Gasteiger partial charge in [0, 0.05) is 51.4 Å². The summed E-state index contributed by atoms with van der Waals surface area (Å²) < 4.78 is 11.9. The predicted molar refractivity (Wildman–Crippen MR) is 134 cm³/mol. The fraction of sp³-hybridized carbons (Fsp3) is 0.357. The minimum Gasteiger partial charge on any atom is -0.491 e. The van der Waals surface area contributed by atoms with E-state index in [-0.39, 0.29) is 12.5 Å². The second-order valence-electron chi connectivity index (χ2n) is 8.76. The highest BCUT2D eigenvalue weighted by atomic mass is 16.5. The van der Waals surface area contributed by atoms with E-state index in [1.54, 1.807) is 13.1 Å². The maximum atomic E-state index is 12.8.